The number of carbonyl (C=O) groups excluding carboxylic acids is 1. The van der Waals surface area contributed by atoms with E-state index in [1.807, 2.05) is 0 Å². The van der Waals surface area contributed by atoms with Crippen molar-refractivity contribution >= 4 is 11.6 Å². The summed E-state index contributed by atoms with van der Waals surface area (Å²) in [5, 5.41) is 0. The first-order chi connectivity index (χ1) is 11.7. The van der Waals surface area contributed by atoms with Crippen molar-refractivity contribution < 1.29 is 4.79 Å². The van der Waals surface area contributed by atoms with Crippen molar-refractivity contribution in [2.45, 2.75) is 58.3 Å². The number of rotatable bonds is 5. The van der Waals surface area contributed by atoms with Crippen LogP contribution in [0.15, 0.2) is 24.3 Å². The first kappa shape index (κ1) is 17.3. The molecule has 3 rings (SSSR count). The largest absolute Gasteiger partial charge is 0.368 e. The highest BCUT2D eigenvalue weighted by molar-refractivity contribution is 5.76. The second-order valence-electron chi connectivity index (χ2n) is 7.60. The van der Waals surface area contributed by atoms with Crippen molar-refractivity contribution in [1.82, 2.24) is 4.90 Å². The van der Waals surface area contributed by atoms with Crippen molar-refractivity contribution in [3.8, 4) is 0 Å². The molecular weight excluding hydrogens is 296 g/mol. The van der Waals surface area contributed by atoms with Gasteiger partial charge >= 0.3 is 0 Å². The smallest absolute Gasteiger partial charge is 0.222 e. The summed E-state index contributed by atoms with van der Waals surface area (Å²) in [4.78, 5) is 16.9. The average Bonchev–Trinajstić information content (AvgIpc) is 2.63. The molecule has 0 N–H and O–H groups in total. The van der Waals surface area contributed by atoms with Crippen LogP contribution < -0.4 is 4.90 Å². The molecule has 0 bridgehead atoms. The van der Waals surface area contributed by atoms with Crippen LogP contribution in [0.4, 0.5) is 5.69 Å². The molecule has 132 valence electrons. The molecule has 1 heterocycles. The van der Waals surface area contributed by atoms with Crippen molar-refractivity contribution in [3.05, 3.63) is 29.8 Å². The number of piperazine rings is 1. The van der Waals surface area contributed by atoms with Crippen LogP contribution in [0.25, 0.3) is 0 Å². The number of anilines is 1. The van der Waals surface area contributed by atoms with E-state index in [1.54, 1.807) is 0 Å². The summed E-state index contributed by atoms with van der Waals surface area (Å²) in [6.07, 6.45) is 10.1. The van der Waals surface area contributed by atoms with Crippen LogP contribution in [0.2, 0.25) is 0 Å². The fourth-order valence-electron chi connectivity index (χ4n) is 4.21. The quantitative estimate of drug-likeness (QED) is 0.800. The fraction of sp³-hybridized carbons (Fsp3) is 0.667. The van der Waals surface area contributed by atoms with Gasteiger partial charge in [0.05, 0.1) is 0 Å². The Morgan fingerprint density at radius 2 is 1.83 bits per heavy atom. The highest BCUT2D eigenvalue weighted by atomic mass is 16.2. The molecule has 1 saturated carbocycles. The van der Waals surface area contributed by atoms with Gasteiger partial charge in [-0.3, -0.25) is 4.79 Å². The minimum Gasteiger partial charge on any atom is -0.368 e. The molecule has 3 heteroatoms. The Bertz CT molecular complexity index is 528. The first-order valence-corrected chi connectivity index (χ1v) is 9.82. The summed E-state index contributed by atoms with van der Waals surface area (Å²) in [6, 6.07) is 8.67. The third-order valence-corrected chi connectivity index (χ3v) is 5.73. The maximum Gasteiger partial charge on any atom is 0.222 e. The van der Waals surface area contributed by atoms with E-state index in [-0.39, 0.29) is 0 Å². The van der Waals surface area contributed by atoms with Crippen molar-refractivity contribution in [3.63, 3.8) is 0 Å². The Kier molecular flexibility index (Phi) is 6.17. The second kappa shape index (κ2) is 8.55. The molecule has 1 aromatic rings. The lowest BCUT2D eigenvalue weighted by molar-refractivity contribution is -0.131. The Balaban J connectivity index is 1.38. The molecule has 2 aliphatic rings. The third-order valence-electron chi connectivity index (χ3n) is 5.73. The van der Waals surface area contributed by atoms with Crippen molar-refractivity contribution in [1.29, 1.82) is 0 Å². The summed E-state index contributed by atoms with van der Waals surface area (Å²) in [7, 11) is 0. The van der Waals surface area contributed by atoms with Crippen LogP contribution >= 0.6 is 0 Å². The van der Waals surface area contributed by atoms with E-state index >= 15 is 0 Å². The van der Waals surface area contributed by atoms with Crippen molar-refractivity contribution in [2.24, 2.45) is 5.92 Å². The van der Waals surface area contributed by atoms with Gasteiger partial charge in [0, 0.05) is 38.3 Å². The maximum absolute atomic E-state index is 12.4. The Hall–Kier alpha value is -1.51. The van der Waals surface area contributed by atoms with E-state index in [0.717, 1.165) is 44.9 Å². The number of nitrogens with zero attached hydrogens (tertiary/aromatic N) is 2. The first-order valence-electron chi connectivity index (χ1n) is 9.82. The number of hydrogen-bond donors (Lipinski definition) is 0. The predicted octanol–water partition coefficient (Wildman–Crippen LogP) is 4.39. The maximum atomic E-state index is 12.4. The molecular formula is C21H32N2O. The number of carbonyl (C=O) groups is 1. The third kappa shape index (κ3) is 4.75. The van der Waals surface area contributed by atoms with Gasteiger partial charge in [0.25, 0.3) is 0 Å². The minimum absolute atomic E-state index is 0.370. The lowest BCUT2D eigenvalue weighted by Crippen LogP contribution is -2.48. The predicted molar refractivity (Wildman–Crippen MR) is 100 cm³/mol. The topological polar surface area (TPSA) is 23.6 Å². The molecule has 0 radical (unpaired) electrons. The summed E-state index contributed by atoms with van der Waals surface area (Å²) in [6.45, 7) is 5.79. The van der Waals surface area contributed by atoms with E-state index in [9.17, 15) is 4.79 Å². The average molecular weight is 329 g/mol. The molecule has 0 atom stereocenters. The van der Waals surface area contributed by atoms with Gasteiger partial charge in [-0.1, -0.05) is 44.2 Å². The zero-order chi connectivity index (χ0) is 16.8. The SMILES string of the molecule is Cc1cccc(N2CCN(C(=O)CCCC3CCCCC3)CC2)c1. The number of hydrogen-bond acceptors (Lipinski definition) is 2. The molecule has 3 nitrogen and oxygen atoms in total. The van der Waals surface area contributed by atoms with Crippen LogP contribution in [0, 0.1) is 12.8 Å². The van der Waals surface area contributed by atoms with Crippen LogP contribution in [0.1, 0.15) is 56.9 Å². The van der Waals surface area contributed by atoms with E-state index in [1.165, 1.54) is 49.8 Å². The molecule has 1 amide bonds. The van der Waals surface area contributed by atoms with E-state index in [2.05, 4.69) is 41.0 Å². The standard InChI is InChI=1S/C21H32N2O/c1-18-7-5-11-20(17-18)22-13-15-23(16-14-22)21(24)12-6-10-19-8-3-2-4-9-19/h5,7,11,17,19H,2-4,6,8-10,12-16H2,1H3. The van der Waals surface area contributed by atoms with Gasteiger partial charge in [-0.2, -0.15) is 0 Å². The normalized spacial score (nSPS) is 19.5. The zero-order valence-corrected chi connectivity index (χ0v) is 15.2. The van der Waals surface area contributed by atoms with E-state index in [4.69, 9.17) is 0 Å². The zero-order valence-electron chi connectivity index (χ0n) is 15.2. The number of amides is 1. The molecule has 1 aromatic carbocycles. The molecule has 24 heavy (non-hydrogen) atoms. The molecule has 0 unspecified atom stereocenters. The highest BCUT2D eigenvalue weighted by Gasteiger charge is 2.21. The summed E-state index contributed by atoms with van der Waals surface area (Å²) in [5.74, 6) is 1.26. The van der Waals surface area contributed by atoms with E-state index < -0.39 is 0 Å². The van der Waals surface area contributed by atoms with Gasteiger partial charge in [-0.15, -0.1) is 0 Å². The number of benzene rings is 1. The molecule has 1 saturated heterocycles. The molecule has 1 aliphatic heterocycles. The summed E-state index contributed by atoms with van der Waals surface area (Å²) < 4.78 is 0. The van der Waals surface area contributed by atoms with Gasteiger partial charge in [0.1, 0.15) is 0 Å². The minimum atomic E-state index is 0.370. The van der Waals surface area contributed by atoms with Crippen LogP contribution in [0.5, 0.6) is 0 Å². The van der Waals surface area contributed by atoms with Crippen LogP contribution in [-0.2, 0) is 4.79 Å². The number of aryl methyl sites for hydroxylation is 1. The molecule has 0 spiro atoms. The summed E-state index contributed by atoms with van der Waals surface area (Å²) >= 11 is 0. The lowest BCUT2D eigenvalue weighted by Gasteiger charge is -2.36. The Morgan fingerprint density at radius 1 is 1.08 bits per heavy atom. The Labute approximate surface area is 147 Å². The van der Waals surface area contributed by atoms with Gasteiger partial charge in [-0.05, 0) is 43.4 Å². The van der Waals surface area contributed by atoms with Crippen LogP contribution in [-0.4, -0.2) is 37.0 Å². The fourth-order valence-corrected chi connectivity index (χ4v) is 4.21. The monoisotopic (exact) mass is 328 g/mol. The Morgan fingerprint density at radius 3 is 2.54 bits per heavy atom. The highest BCUT2D eigenvalue weighted by Crippen LogP contribution is 2.28. The van der Waals surface area contributed by atoms with Gasteiger partial charge in [-0.25, -0.2) is 0 Å². The van der Waals surface area contributed by atoms with Gasteiger partial charge < -0.3 is 9.80 Å². The molecule has 2 fully saturated rings. The second-order valence-corrected chi connectivity index (χ2v) is 7.60. The lowest BCUT2D eigenvalue weighted by atomic mass is 9.86. The summed E-state index contributed by atoms with van der Waals surface area (Å²) in [5.41, 5.74) is 2.59. The van der Waals surface area contributed by atoms with Gasteiger partial charge in [0.15, 0.2) is 0 Å². The van der Waals surface area contributed by atoms with Gasteiger partial charge in [0.2, 0.25) is 5.91 Å². The van der Waals surface area contributed by atoms with Crippen LogP contribution in [0.3, 0.4) is 0 Å². The van der Waals surface area contributed by atoms with Crippen molar-refractivity contribution in [2.75, 3.05) is 31.1 Å². The molecule has 1 aliphatic carbocycles. The van der Waals surface area contributed by atoms with E-state index in [0.29, 0.717) is 5.91 Å². The molecule has 0 aromatic heterocycles.